The second kappa shape index (κ2) is 6.55. The molecule has 3 aromatic heterocycles. The number of hydrogen-bond acceptors (Lipinski definition) is 5. The summed E-state index contributed by atoms with van der Waals surface area (Å²) in [4.78, 5) is 17.4. The zero-order valence-corrected chi connectivity index (χ0v) is 16.3. The molecule has 0 atom stereocenters. The average molecular weight is 381 g/mol. The summed E-state index contributed by atoms with van der Waals surface area (Å²) in [6.45, 7) is 4.01. The van der Waals surface area contributed by atoms with Crippen LogP contribution in [-0.2, 0) is 7.05 Å². The molecule has 0 saturated heterocycles. The Morgan fingerprint density at radius 3 is 2.63 bits per heavy atom. The van der Waals surface area contributed by atoms with Gasteiger partial charge in [-0.25, -0.2) is 4.98 Å². The number of methoxy groups -OCH3 is 1. The molecule has 27 heavy (non-hydrogen) atoms. The fourth-order valence-corrected chi connectivity index (χ4v) is 4.00. The molecule has 0 fully saturated rings. The number of anilines is 1. The van der Waals surface area contributed by atoms with Gasteiger partial charge in [0.15, 0.2) is 5.13 Å². The molecule has 0 bridgehead atoms. The van der Waals surface area contributed by atoms with Crippen molar-refractivity contribution in [2.45, 2.75) is 13.8 Å². The third-order valence-electron chi connectivity index (χ3n) is 4.45. The van der Waals surface area contributed by atoms with Gasteiger partial charge < -0.3 is 9.30 Å². The fourth-order valence-electron chi connectivity index (χ4n) is 3.11. The summed E-state index contributed by atoms with van der Waals surface area (Å²) in [7, 11) is 3.45. The Morgan fingerprint density at radius 1 is 1.19 bits per heavy atom. The molecular formula is C19H19N5O2S. The van der Waals surface area contributed by atoms with Crippen LogP contribution in [0.4, 0.5) is 5.13 Å². The predicted octanol–water partition coefficient (Wildman–Crippen LogP) is 3.70. The van der Waals surface area contributed by atoms with Crippen molar-refractivity contribution in [3.8, 4) is 11.6 Å². The standard InChI is InChI=1S/C19H19N5O2S/c1-11-5-6-12(2)24(11)18-14(10-20-23(18)3)17(25)22-19-21-15-8-7-13(26-4)9-16(15)27-19/h5-10H,1-4H3,(H,21,22,25). The highest BCUT2D eigenvalue weighted by Crippen LogP contribution is 2.30. The van der Waals surface area contributed by atoms with E-state index in [2.05, 4.69) is 15.4 Å². The molecule has 1 amide bonds. The minimum Gasteiger partial charge on any atom is -0.497 e. The van der Waals surface area contributed by atoms with Crippen LogP contribution in [0.25, 0.3) is 16.0 Å². The van der Waals surface area contributed by atoms with Gasteiger partial charge in [-0.05, 0) is 44.2 Å². The van der Waals surface area contributed by atoms with Crippen molar-refractivity contribution in [3.05, 3.63) is 53.5 Å². The van der Waals surface area contributed by atoms with Crippen LogP contribution in [0.2, 0.25) is 0 Å². The van der Waals surface area contributed by atoms with Crippen LogP contribution >= 0.6 is 11.3 Å². The monoisotopic (exact) mass is 381 g/mol. The lowest BCUT2D eigenvalue weighted by Gasteiger charge is -2.12. The normalized spacial score (nSPS) is 11.1. The number of hydrogen-bond donors (Lipinski definition) is 1. The molecule has 1 N–H and O–H groups in total. The molecule has 0 aliphatic carbocycles. The number of amides is 1. The van der Waals surface area contributed by atoms with Crippen LogP contribution in [0, 0.1) is 13.8 Å². The molecular weight excluding hydrogens is 362 g/mol. The van der Waals surface area contributed by atoms with Crippen molar-refractivity contribution in [1.29, 1.82) is 0 Å². The minimum atomic E-state index is -0.239. The second-order valence-electron chi connectivity index (χ2n) is 6.26. The van der Waals surface area contributed by atoms with Crippen LogP contribution in [0.1, 0.15) is 21.7 Å². The second-order valence-corrected chi connectivity index (χ2v) is 7.29. The average Bonchev–Trinajstić information content (AvgIpc) is 3.31. The van der Waals surface area contributed by atoms with E-state index in [0.29, 0.717) is 10.7 Å². The summed E-state index contributed by atoms with van der Waals surface area (Å²) in [5.74, 6) is 1.25. The summed E-state index contributed by atoms with van der Waals surface area (Å²) in [6.07, 6.45) is 1.58. The number of thiazole rings is 1. The van der Waals surface area contributed by atoms with Crippen LogP contribution in [0.3, 0.4) is 0 Å². The van der Waals surface area contributed by atoms with Gasteiger partial charge in [0.05, 0.1) is 23.5 Å². The molecule has 3 heterocycles. The number of aromatic nitrogens is 4. The van der Waals surface area contributed by atoms with Gasteiger partial charge in [0.1, 0.15) is 17.1 Å². The number of rotatable bonds is 4. The van der Waals surface area contributed by atoms with Gasteiger partial charge in [0.2, 0.25) is 0 Å². The first kappa shape index (κ1) is 17.3. The number of benzene rings is 1. The Balaban J connectivity index is 1.69. The number of carbonyl (C=O) groups excluding carboxylic acids is 1. The highest BCUT2D eigenvalue weighted by Gasteiger charge is 2.21. The molecule has 8 heteroatoms. The van der Waals surface area contributed by atoms with Crippen LogP contribution < -0.4 is 10.1 Å². The third-order valence-corrected chi connectivity index (χ3v) is 5.38. The Kier molecular flexibility index (Phi) is 4.19. The third kappa shape index (κ3) is 2.97. The molecule has 7 nitrogen and oxygen atoms in total. The molecule has 0 unspecified atom stereocenters. The maximum absolute atomic E-state index is 12.9. The van der Waals surface area contributed by atoms with E-state index in [1.54, 1.807) is 18.0 Å². The van der Waals surface area contributed by atoms with E-state index in [0.717, 1.165) is 33.2 Å². The summed E-state index contributed by atoms with van der Waals surface area (Å²) in [5.41, 5.74) is 3.39. The van der Waals surface area contributed by atoms with Gasteiger partial charge >= 0.3 is 0 Å². The lowest BCUT2D eigenvalue weighted by Crippen LogP contribution is -2.16. The number of carbonyl (C=O) groups is 1. The Morgan fingerprint density at radius 2 is 1.93 bits per heavy atom. The van der Waals surface area contributed by atoms with Crippen molar-refractivity contribution in [3.63, 3.8) is 0 Å². The fraction of sp³-hybridized carbons (Fsp3) is 0.211. The van der Waals surface area contributed by atoms with Crippen molar-refractivity contribution in [1.82, 2.24) is 19.3 Å². The van der Waals surface area contributed by atoms with Crippen molar-refractivity contribution in [2.24, 2.45) is 7.05 Å². The van der Waals surface area contributed by atoms with Gasteiger partial charge in [-0.15, -0.1) is 0 Å². The molecule has 0 saturated carbocycles. The molecule has 138 valence electrons. The number of nitrogens with zero attached hydrogens (tertiary/aromatic N) is 4. The smallest absolute Gasteiger partial charge is 0.262 e. The van der Waals surface area contributed by atoms with E-state index in [1.807, 2.05) is 55.8 Å². The maximum Gasteiger partial charge on any atom is 0.262 e. The topological polar surface area (TPSA) is 74.0 Å². The van der Waals surface area contributed by atoms with Gasteiger partial charge in [0.25, 0.3) is 5.91 Å². The predicted molar refractivity (Wildman–Crippen MR) is 106 cm³/mol. The van der Waals surface area contributed by atoms with Crippen LogP contribution in [-0.4, -0.2) is 32.3 Å². The quantitative estimate of drug-likeness (QED) is 0.585. The van der Waals surface area contributed by atoms with E-state index in [-0.39, 0.29) is 5.91 Å². The number of nitrogens with one attached hydrogen (secondary N) is 1. The molecule has 0 spiro atoms. The molecule has 1 aromatic carbocycles. The molecule has 0 radical (unpaired) electrons. The number of aryl methyl sites for hydroxylation is 3. The summed E-state index contributed by atoms with van der Waals surface area (Å²) < 4.78 is 9.92. The lowest BCUT2D eigenvalue weighted by atomic mass is 10.3. The lowest BCUT2D eigenvalue weighted by molar-refractivity contribution is 0.102. The van der Waals surface area contributed by atoms with E-state index < -0.39 is 0 Å². The summed E-state index contributed by atoms with van der Waals surface area (Å²) in [5, 5.41) is 7.73. The van der Waals surface area contributed by atoms with Gasteiger partial charge in [-0.1, -0.05) is 11.3 Å². The first-order valence-electron chi connectivity index (χ1n) is 8.41. The zero-order valence-electron chi connectivity index (χ0n) is 15.5. The van der Waals surface area contributed by atoms with Crippen molar-refractivity contribution in [2.75, 3.05) is 12.4 Å². The van der Waals surface area contributed by atoms with Crippen molar-refractivity contribution >= 4 is 32.6 Å². The highest BCUT2D eigenvalue weighted by molar-refractivity contribution is 7.22. The molecule has 4 rings (SSSR count). The summed E-state index contributed by atoms with van der Waals surface area (Å²) in [6, 6.07) is 9.67. The van der Waals surface area contributed by atoms with Gasteiger partial charge in [-0.3, -0.25) is 14.8 Å². The SMILES string of the molecule is COc1ccc2nc(NC(=O)c3cnn(C)c3-n3c(C)ccc3C)sc2c1. The molecule has 0 aliphatic rings. The number of fused-ring (bicyclic) bond motifs is 1. The highest BCUT2D eigenvalue weighted by atomic mass is 32.1. The van der Waals surface area contributed by atoms with Crippen molar-refractivity contribution < 1.29 is 9.53 Å². The molecule has 0 aliphatic heterocycles. The van der Waals surface area contributed by atoms with E-state index in [9.17, 15) is 4.79 Å². The first-order valence-corrected chi connectivity index (χ1v) is 9.23. The van der Waals surface area contributed by atoms with E-state index >= 15 is 0 Å². The molecule has 4 aromatic rings. The Hall–Kier alpha value is -3.13. The van der Waals surface area contributed by atoms with Gasteiger partial charge in [0, 0.05) is 18.4 Å². The summed E-state index contributed by atoms with van der Waals surface area (Å²) >= 11 is 1.41. The Bertz CT molecular complexity index is 1130. The Labute approximate surface area is 160 Å². The largest absolute Gasteiger partial charge is 0.497 e. The van der Waals surface area contributed by atoms with Crippen LogP contribution in [0.5, 0.6) is 5.75 Å². The number of ether oxygens (including phenoxy) is 1. The zero-order chi connectivity index (χ0) is 19.1. The minimum absolute atomic E-state index is 0.239. The maximum atomic E-state index is 12.9. The first-order chi connectivity index (χ1) is 13.0. The van der Waals surface area contributed by atoms with E-state index in [4.69, 9.17) is 4.74 Å². The van der Waals surface area contributed by atoms with Crippen LogP contribution in [0.15, 0.2) is 36.5 Å². The van der Waals surface area contributed by atoms with E-state index in [1.165, 1.54) is 11.3 Å². The van der Waals surface area contributed by atoms with Gasteiger partial charge in [-0.2, -0.15) is 5.10 Å².